The molecule has 2 aromatic heterocycles. The zero-order valence-electron chi connectivity index (χ0n) is 18.9. The third-order valence-electron chi connectivity index (χ3n) is 5.63. The molecule has 0 saturated carbocycles. The summed E-state index contributed by atoms with van der Waals surface area (Å²) < 4.78 is 26.5. The van der Waals surface area contributed by atoms with Crippen LogP contribution in [0.4, 0.5) is 4.39 Å². The third kappa shape index (κ3) is 5.35. The summed E-state index contributed by atoms with van der Waals surface area (Å²) in [5, 5.41) is 13.7. The van der Waals surface area contributed by atoms with Crippen molar-refractivity contribution in [2.45, 2.75) is 24.4 Å². The second-order valence-corrected chi connectivity index (χ2v) is 9.03. The Morgan fingerprint density at radius 1 is 1.00 bits per heavy atom. The zero-order chi connectivity index (χ0) is 23.3. The van der Waals surface area contributed by atoms with Crippen molar-refractivity contribution >= 4 is 11.8 Å². The molecule has 0 N–H and O–H groups in total. The Bertz CT molecular complexity index is 1240. The highest BCUT2D eigenvalue weighted by atomic mass is 32.2. The quantitative estimate of drug-likeness (QED) is 0.349. The minimum Gasteiger partial charge on any atom is -0.379 e. The molecule has 3 heterocycles. The highest BCUT2D eigenvalue weighted by Gasteiger charge is 2.18. The van der Waals surface area contributed by atoms with Crippen molar-refractivity contribution in [1.29, 1.82) is 0 Å². The Labute approximate surface area is 201 Å². The molecule has 0 spiro atoms. The fourth-order valence-electron chi connectivity index (χ4n) is 3.82. The van der Waals surface area contributed by atoms with E-state index in [1.54, 1.807) is 12.1 Å². The first-order valence-corrected chi connectivity index (χ1v) is 12.2. The van der Waals surface area contributed by atoms with Gasteiger partial charge in [-0.3, -0.25) is 4.90 Å². The normalized spacial score (nSPS) is 14.5. The Morgan fingerprint density at radius 3 is 2.62 bits per heavy atom. The van der Waals surface area contributed by atoms with Crippen LogP contribution in [0.1, 0.15) is 11.5 Å². The molecule has 176 valence electrons. The number of ether oxygens (including phenoxy) is 1. The molecule has 1 aliphatic heterocycles. The molecule has 1 saturated heterocycles. The van der Waals surface area contributed by atoms with Gasteiger partial charge in [-0.15, -0.1) is 10.2 Å². The molecule has 1 fully saturated rings. The molecular formula is C24H25FN6O2S. The van der Waals surface area contributed by atoms with Crippen molar-refractivity contribution in [1.82, 2.24) is 29.8 Å². The number of halogens is 1. The third-order valence-corrected chi connectivity index (χ3v) is 6.58. The molecule has 0 radical (unpaired) electrons. The first kappa shape index (κ1) is 22.7. The summed E-state index contributed by atoms with van der Waals surface area (Å²) in [4.78, 5) is 6.90. The lowest BCUT2D eigenvalue weighted by Gasteiger charge is -2.27. The van der Waals surface area contributed by atoms with Crippen molar-refractivity contribution in [2.24, 2.45) is 0 Å². The minimum absolute atomic E-state index is 0.279. The highest BCUT2D eigenvalue weighted by molar-refractivity contribution is 7.98. The topological polar surface area (TPSA) is 82.1 Å². The number of rotatable bonds is 8. The van der Waals surface area contributed by atoms with Crippen LogP contribution in [0.3, 0.4) is 0 Å². The fraction of sp³-hybridized carbons (Fsp3) is 0.333. The summed E-state index contributed by atoms with van der Waals surface area (Å²) in [6, 6.07) is 14.3. The van der Waals surface area contributed by atoms with E-state index in [0.29, 0.717) is 29.8 Å². The maximum atomic E-state index is 13.5. The standard InChI is InChI=1S/C24H25FN6O2S/c1-17-3-2-4-19(15-17)22-26-21(33-29-22)16-34-24-28-27-23(18-5-7-20(25)8-6-18)31(24)10-9-30-11-13-32-14-12-30/h2-8,15H,9-14,16H2,1H3. The van der Waals surface area contributed by atoms with Gasteiger partial charge in [0.25, 0.3) is 0 Å². The van der Waals surface area contributed by atoms with Crippen molar-refractivity contribution in [2.75, 3.05) is 32.8 Å². The van der Waals surface area contributed by atoms with E-state index in [-0.39, 0.29) is 5.82 Å². The van der Waals surface area contributed by atoms with Gasteiger partial charge in [0.05, 0.1) is 19.0 Å². The van der Waals surface area contributed by atoms with Gasteiger partial charge in [-0.25, -0.2) is 4.39 Å². The van der Waals surface area contributed by atoms with Gasteiger partial charge in [-0.05, 0) is 37.3 Å². The van der Waals surface area contributed by atoms with Crippen LogP contribution in [0.5, 0.6) is 0 Å². The maximum Gasteiger partial charge on any atom is 0.237 e. The Morgan fingerprint density at radius 2 is 1.82 bits per heavy atom. The number of morpholine rings is 1. The number of benzene rings is 2. The van der Waals surface area contributed by atoms with Crippen molar-refractivity contribution < 1.29 is 13.7 Å². The van der Waals surface area contributed by atoms with Gasteiger partial charge in [0.1, 0.15) is 5.82 Å². The monoisotopic (exact) mass is 480 g/mol. The van der Waals surface area contributed by atoms with E-state index in [1.165, 1.54) is 23.9 Å². The number of aryl methyl sites for hydroxylation is 1. The molecule has 0 bridgehead atoms. The highest BCUT2D eigenvalue weighted by Crippen LogP contribution is 2.27. The molecular weight excluding hydrogens is 455 g/mol. The zero-order valence-corrected chi connectivity index (χ0v) is 19.7. The van der Waals surface area contributed by atoms with E-state index in [9.17, 15) is 4.39 Å². The first-order valence-electron chi connectivity index (χ1n) is 11.2. The van der Waals surface area contributed by atoms with Gasteiger partial charge in [-0.2, -0.15) is 4.98 Å². The number of aromatic nitrogens is 5. The molecule has 2 aromatic carbocycles. The summed E-state index contributed by atoms with van der Waals surface area (Å²) in [6.45, 7) is 6.88. The molecule has 4 aromatic rings. The molecule has 0 amide bonds. The van der Waals surface area contributed by atoms with E-state index in [2.05, 4.69) is 29.8 Å². The van der Waals surface area contributed by atoms with Crippen LogP contribution < -0.4 is 0 Å². The van der Waals surface area contributed by atoms with Gasteiger partial charge in [0.2, 0.25) is 11.7 Å². The largest absolute Gasteiger partial charge is 0.379 e. The summed E-state index contributed by atoms with van der Waals surface area (Å²) in [6.07, 6.45) is 0. The molecule has 0 atom stereocenters. The van der Waals surface area contributed by atoms with Gasteiger partial charge >= 0.3 is 0 Å². The predicted octanol–water partition coefficient (Wildman–Crippen LogP) is 4.07. The van der Waals surface area contributed by atoms with Crippen LogP contribution in [0, 0.1) is 12.7 Å². The Hall–Kier alpha value is -3.08. The second kappa shape index (κ2) is 10.5. The molecule has 8 nitrogen and oxygen atoms in total. The molecule has 5 rings (SSSR count). The second-order valence-electron chi connectivity index (χ2n) is 8.09. The first-order chi connectivity index (χ1) is 16.7. The maximum absolute atomic E-state index is 13.5. The van der Waals surface area contributed by atoms with Crippen LogP contribution in [0.25, 0.3) is 22.8 Å². The van der Waals surface area contributed by atoms with Crippen LogP contribution in [0.2, 0.25) is 0 Å². The van der Waals surface area contributed by atoms with Crippen molar-refractivity contribution in [3.8, 4) is 22.8 Å². The van der Waals surface area contributed by atoms with Crippen LogP contribution in [0.15, 0.2) is 58.2 Å². The van der Waals surface area contributed by atoms with E-state index >= 15 is 0 Å². The lowest BCUT2D eigenvalue weighted by Crippen LogP contribution is -2.38. The number of nitrogens with zero attached hydrogens (tertiary/aromatic N) is 6. The number of thioether (sulfide) groups is 1. The Balaban J connectivity index is 1.33. The van der Waals surface area contributed by atoms with Crippen LogP contribution in [-0.2, 0) is 17.0 Å². The van der Waals surface area contributed by atoms with Gasteiger partial charge in [0.15, 0.2) is 11.0 Å². The van der Waals surface area contributed by atoms with E-state index in [0.717, 1.165) is 54.7 Å². The molecule has 34 heavy (non-hydrogen) atoms. The van der Waals surface area contributed by atoms with E-state index in [4.69, 9.17) is 9.26 Å². The van der Waals surface area contributed by atoms with Crippen LogP contribution >= 0.6 is 11.8 Å². The summed E-state index contributed by atoms with van der Waals surface area (Å²) in [5.41, 5.74) is 2.88. The van der Waals surface area contributed by atoms with Gasteiger partial charge in [-0.1, -0.05) is 40.7 Å². The van der Waals surface area contributed by atoms with Gasteiger partial charge < -0.3 is 13.8 Å². The van der Waals surface area contributed by atoms with Crippen LogP contribution in [-0.4, -0.2) is 62.7 Å². The Kier molecular flexibility index (Phi) is 6.98. The fourth-order valence-corrected chi connectivity index (χ4v) is 4.62. The van der Waals surface area contributed by atoms with E-state index < -0.39 is 0 Å². The average molecular weight is 481 g/mol. The lowest BCUT2D eigenvalue weighted by atomic mass is 10.1. The average Bonchev–Trinajstić information content (AvgIpc) is 3.50. The molecule has 0 unspecified atom stereocenters. The van der Waals surface area contributed by atoms with Gasteiger partial charge in [0, 0.05) is 37.3 Å². The molecule has 1 aliphatic rings. The van der Waals surface area contributed by atoms with E-state index in [1.807, 2.05) is 31.2 Å². The SMILES string of the molecule is Cc1cccc(-c2noc(CSc3nnc(-c4ccc(F)cc4)n3CCN3CCOCC3)n2)c1. The number of hydrogen-bond acceptors (Lipinski definition) is 8. The molecule has 10 heteroatoms. The molecule has 0 aliphatic carbocycles. The van der Waals surface area contributed by atoms with Crippen molar-refractivity contribution in [3.63, 3.8) is 0 Å². The predicted molar refractivity (Wildman–Crippen MR) is 127 cm³/mol. The smallest absolute Gasteiger partial charge is 0.237 e. The summed E-state index contributed by atoms with van der Waals surface area (Å²) in [7, 11) is 0. The summed E-state index contributed by atoms with van der Waals surface area (Å²) in [5.74, 6) is 1.99. The minimum atomic E-state index is -0.279. The van der Waals surface area contributed by atoms with Crippen molar-refractivity contribution in [3.05, 3.63) is 65.8 Å². The lowest BCUT2D eigenvalue weighted by molar-refractivity contribution is 0.0361. The summed E-state index contributed by atoms with van der Waals surface area (Å²) >= 11 is 1.49. The number of hydrogen-bond donors (Lipinski definition) is 0.